The highest BCUT2D eigenvalue weighted by molar-refractivity contribution is 9.10. The number of halogens is 1. The van der Waals surface area contributed by atoms with E-state index in [4.69, 9.17) is 4.74 Å². The third-order valence-electron chi connectivity index (χ3n) is 4.36. The van der Waals surface area contributed by atoms with E-state index in [9.17, 15) is 9.90 Å². The molecule has 0 atom stereocenters. The zero-order valence-electron chi connectivity index (χ0n) is 14.5. The highest BCUT2D eigenvalue weighted by atomic mass is 79.9. The summed E-state index contributed by atoms with van der Waals surface area (Å²) in [5.74, 6) is -0.262. The summed E-state index contributed by atoms with van der Waals surface area (Å²) in [6.45, 7) is 4.14. The molecule has 0 aliphatic rings. The normalized spacial score (nSPS) is 11.0. The summed E-state index contributed by atoms with van der Waals surface area (Å²) in [5.41, 5.74) is 4.57. The zero-order chi connectivity index (χ0) is 18.1. The average Bonchev–Trinajstić information content (AvgIpc) is 2.83. The van der Waals surface area contributed by atoms with Crippen molar-refractivity contribution >= 4 is 32.8 Å². The molecule has 1 aromatic heterocycles. The Hall–Kier alpha value is -2.27. The number of aromatic nitrogens is 1. The van der Waals surface area contributed by atoms with Gasteiger partial charge in [0, 0.05) is 24.5 Å². The Labute approximate surface area is 155 Å². The van der Waals surface area contributed by atoms with Gasteiger partial charge in [0.15, 0.2) is 0 Å². The fourth-order valence-electron chi connectivity index (χ4n) is 3.03. The molecule has 0 aliphatic heterocycles. The molecule has 5 heteroatoms. The number of carbonyl (C=O) groups is 1. The van der Waals surface area contributed by atoms with E-state index in [1.807, 2.05) is 24.6 Å². The largest absolute Gasteiger partial charge is 0.507 e. The Morgan fingerprint density at radius 2 is 1.92 bits per heavy atom. The number of benzene rings is 2. The van der Waals surface area contributed by atoms with Gasteiger partial charge >= 0.3 is 5.97 Å². The first kappa shape index (κ1) is 17.5. The van der Waals surface area contributed by atoms with E-state index >= 15 is 0 Å². The molecule has 0 aliphatic carbocycles. The van der Waals surface area contributed by atoms with Crippen LogP contribution in [0.3, 0.4) is 0 Å². The predicted molar refractivity (Wildman–Crippen MR) is 102 cm³/mol. The number of hydrogen-bond acceptors (Lipinski definition) is 3. The number of ether oxygens (including phenoxy) is 1. The summed E-state index contributed by atoms with van der Waals surface area (Å²) < 4.78 is 7.86. The van der Waals surface area contributed by atoms with Crippen LogP contribution >= 0.6 is 15.9 Å². The lowest BCUT2D eigenvalue weighted by atomic mass is 10.0. The van der Waals surface area contributed by atoms with Crippen LogP contribution in [0.2, 0.25) is 0 Å². The summed E-state index contributed by atoms with van der Waals surface area (Å²) in [7, 11) is 1.93. The second kappa shape index (κ2) is 6.92. The molecule has 2 aromatic carbocycles. The van der Waals surface area contributed by atoms with Gasteiger partial charge in [0.05, 0.1) is 22.2 Å². The van der Waals surface area contributed by atoms with Crippen molar-refractivity contribution in [3.05, 3.63) is 63.3 Å². The molecule has 0 bridgehead atoms. The molecule has 1 heterocycles. The fraction of sp³-hybridized carbons (Fsp3) is 0.250. The predicted octanol–water partition coefficient (Wildman–Crippen LogP) is 4.72. The minimum absolute atomic E-state index is 0.102. The second-order valence-electron chi connectivity index (χ2n) is 6.08. The molecule has 3 aromatic rings. The Balaban J connectivity index is 2.21. The molecule has 3 rings (SSSR count). The highest BCUT2D eigenvalue weighted by Gasteiger charge is 2.23. The smallest absolute Gasteiger partial charge is 0.340 e. The van der Waals surface area contributed by atoms with E-state index in [2.05, 4.69) is 40.2 Å². The number of aryl methyl sites for hydroxylation is 2. The quantitative estimate of drug-likeness (QED) is 0.643. The van der Waals surface area contributed by atoms with Gasteiger partial charge in [-0.2, -0.15) is 0 Å². The maximum Gasteiger partial charge on any atom is 0.340 e. The lowest BCUT2D eigenvalue weighted by Crippen LogP contribution is -2.09. The van der Waals surface area contributed by atoms with E-state index in [-0.39, 0.29) is 11.7 Å². The van der Waals surface area contributed by atoms with Crippen molar-refractivity contribution in [2.75, 3.05) is 6.61 Å². The number of aromatic hydroxyl groups is 1. The van der Waals surface area contributed by atoms with Gasteiger partial charge < -0.3 is 14.4 Å². The number of nitrogens with zero attached hydrogens (tertiary/aromatic N) is 1. The molecule has 0 saturated heterocycles. The van der Waals surface area contributed by atoms with Gasteiger partial charge in [-0.3, -0.25) is 0 Å². The third-order valence-corrected chi connectivity index (χ3v) is 5.00. The van der Waals surface area contributed by atoms with Crippen molar-refractivity contribution in [2.45, 2.75) is 20.3 Å². The number of phenolic OH excluding ortho intramolecular Hbond substituents is 1. The van der Waals surface area contributed by atoms with Crippen LogP contribution in [0.15, 0.2) is 40.9 Å². The number of rotatable bonds is 4. The standard InChI is InChI=1S/C20H20BrNO3/c1-4-25-20(24)19-14-10-18(23)15(21)11-16(14)22(3)17(19)9-13-7-5-12(2)6-8-13/h5-8,10-11,23H,4,9H2,1-3H3. The first-order chi connectivity index (χ1) is 11.9. The minimum Gasteiger partial charge on any atom is -0.507 e. The summed E-state index contributed by atoms with van der Waals surface area (Å²) in [6.07, 6.45) is 0.609. The number of carbonyl (C=O) groups excluding carboxylic acids is 1. The van der Waals surface area contributed by atoms with Crippen molar-refractivity contribution < 1.29 is 14.6 Å². The molecule has 0 amide bonds. The maximum atomic E-state index is 12.6. The maximum absolute atomic E-state index is 12.6. The van der Waals surface area contributed by atoms with Gasteiger partial charge in [0.25, 0.3) is 0 Å². The highest BCUT2D eigenvalue weighted by Crippen LogP contribution is 2.35. The van der Waals surface area contributed by atoms with Crippen LogP contribution in [-0.2, 0) is 18.2 Å². The topological polar surface area (TPSA) is 51.5 Å². The molecule has 0 spiro atoms. The van der Waals surface area contributed by atoms with Crippen LogP contribution in [-0.4, -0.2) is 22.2 Å². The molecule has 0 saturated carbocycles. The number of esters is 1. The van der Waals surface area contributed by atoms with E-state index in [0.29, 0.717) is 28.5 Å². The first-order valence-electron chi connectivity index (χ1n) is 8.14. The lowest BCUT2D eigenvalue weighted by Gasteiger charge is -2.08. The van der Waals surface area contributed by atoms with Gasteiger partial charge in [-0.25, -0.2) is 4.79 Å². The van der Waals surface area contributed by atoms with Crippen LogP contribution in [0.5, 0.6) is 5.75 Å². The Morgan fingerprint density at radius 3 is 2.56 bits per heavy atom. The van der Waals surface area contributed by atoms with Crippen LogP contribution in [0.25, 0.3) is 10.9 Å². The van der Waals surface area contributed by atoms with Gasteiger partial charge in [0.1, 0.15) is 5.75 Å². The SMILES string of the molecule is CCOC(=O)c1c(Cc2ccc(C)cc2)n(C)c2cc(Br)c(O)cc12. The average molecular weight is 402 g/mol. The van der Waals surface area contributed by atoms with Crippen LogP contribution in [0.4, 0.5) is 0 Å². The van der Waals surface area contributed by atoms with Gasteiger partial charge in [0.2, 0.25) is 0 Å². The van der Waals surface area contributed by atoms with E-state index in [1.165, 1.54) is 5.56 Å². The Morgan fingerprint density at radius 1 is 1.24 bits per heavy atom. The van der Waals surface area contributed by atoms with E-state index in [0.717, 1.165) is 16.8 Å². The van der Waals surface area contributed by atoms with Gasteiger partial charge in [-0.05, 0) is 47.5 Å². The molecule has 0 fully saturated rings. The van der Waals surface area contributed by atoms with E-state index in [1.54, 1.807) is 13.0 Å². The molecule has 0 unspecified atom stereocenters. The van der Waals surface area contributed by atoms with Crippen LogP contribution in [0, 0.1) is 6.92 Å². The summed E-state index contributed by atoms with van der Waals surface area (Å²) in [4.78, 5) is 12.6. The van der Waals surface area contributed by atoms with Crippen molar-refractivity contribution in [3.63, 3.8) is 0 Å². The number of phenols is 1. The number of fused-ring (bicyclic) bond motifs is 1. The van der Waals surface area contributed by atoms with Crippen LogP contribution < -0.4 is 0 Å². The summed E-state index contributed by atoms with van der Waals surface area (Å²) in [6, 6.07) is 11.7. The number of hydrogen-bond donors (Lipinski definition) is 1. The van der Waals surface area contributed by atoms with Gasteiger partial charge in [-0.1, -0.05) is 29.8 Å². The Bertz CT molecular complexity index is 942. The summed E-state index contributed by atoms with van der Waals surface area (Å²) in [5, 5.41) is 10.8. The lowest BCUT2D eigenvalue weighted by molar-refractivity contribution is 0.0527. The molecular weight excluding hydrogens is 382 g/mol. The van der Waals surface area contributed by atoms with Crippen LogP contribution in [0.1, 0.15) is 34.1 Å². The fourth-order valence-corrected chi connectivity index (χ4v) is 3.37. The van der Waals surface area contributed by atoms with E-state index < -0.39 is 0 Å². The molecule has 1 N–H and O–H groups in total. The van der Waals surface area contributed by atoms with Gasteiger partial charge in [-0.15, -0.1) is 0 Å². The second-order valence-corrected chi connectivity index (χ2v) is 6.94. The molecule has 130 valence electrons. The molecular formula is C20H20BrNO3. The van der Waals surface area contributed by atoms with Crippen molar-refractivity contribution in [1.82, 2.24) is 4.57 Å². The minimum atomic E-state index is -0.364. The summed E-state index contributed by atoms with van der Waals surface area (Å²) >= 11 is 3.35. The Kier molecular flexibility index (Phi) is 4.86. The monoisotopic (exact) mass is 401 g/mol. The third kappa shape index (κ3) is 3.29. The molecule has 0 radical (unpaired) electrons. The van der Waals surface area contributed by atoms with Crippen molar-refractivity contribution in [2.24, 2.45) is 7.05 Å². The molecule has 4 nitrogen and oxygen atoms in total. The van der Waals surface area contributed by atoms with Crippen molar-refractivity contribution in [3.8, 4) is 5.75 Å². The molecule has 25 heavy (non-hydrogen) atoms. The van der Waals surface area contributed by atoms with Crippen molar-refractivity contribution in [1.29, 1.82) is 0 Å². The zero-order valence-corrected chi connectivity index (χ0v) is 16.1. The first-order valence-corrected chi connectivity index (χ1v) is 8.94.